The lowest BCUT2D eigenvalue weighted by atomic mass is 10.0. The van der Waals surface area contributed by atoms with Gasteiger partial charge in [-0.05, 0) is 35.9 Å². The Balaban J connectivity index is 2.26. The number of halogens is 1. The maximum absolute atomic E-state index is 6.09. The molecule has 4 heteroatoms. The summed E-state index contributed by atoms with van der Waals surface area (Å²) in [5.41, 5.74) is 9.42. The van der Waals surface area contributed by atoms with Crippen LogP contribution in [0.1, 0.15) is 0 Å². The monoisotopic (exact) mass is 255 g/mol. The average Bonchev–Trinajstić information content (AvgIpc) is 2.40. The van der Waals surface area contributed by atoms with Crippen LogP contribution < -0.4 is 5.73 Å². The molecule has 0 saturated heterocycles. The van der Waals surface area contributed by atoms with Gasteiger partial charge in [0.15, 0.2) is 0 Å². The van der Waals surface area contributed by atoms with Gasteiger partial charge in [0.05, 0.1) is 5.52 Å². The first kappa shape index (κ1) is 11.0. The van der Waals surface area contributed by atoms with Gasteiger partial charge in [0.2, 0.25) is 0 Å². The third kappa shape index (κ3) is 1.79. The second-order valence-corrected chi connectivity index (χ2v) is 4.33. The van der Waals surface area contributed by atoms with Gasteiger partial charge in [0.25, 0.3) is 0 Å². The largest absolute Gasteiger partial charge is 0.398 e. The van der Waals surface area contributed by atoms with E-state index in [0.29, 0.717) is 10.8 Å². The number of aromatic nitrogens is 2. The molecule has 0 spiro atoms. The molecule has 0 bridgehead atoms. The molecule has 2 N–H and O–H groups in total. The number of hydrogen-bond donors (Lipinski definition) is 1. The number of nitrogen functional groups attached to an aromatic ring is 1. The zero-order valence-electron chi connectivity index (χ0n) is 9.47. The van der Waals surface area contributed by atoms with E-state index in [2.05, 4.69) is 9.97 Å². The van der Waals surface area contributed by atoms with Crippen molar-refractivity contribution in [2.24, 2.45) is 0 Å². The van der Waals surface area contributed by atoms with Crippen molar-refractivity contribution in [2.45, 2.75) is 0 Å². The lowest BCUT2D eigenvalue weighted by Gasteiger charge is -2.06. The van der Waals surface area contributed by atoms with Crippen molar-refractivity contribution in [3.05, 3.63) is 53.9 Å². The fourth-order valence-electron chi connectivity index (χ4n) is 1.94. The predicted molar refractivity (Wildman–Crippen MR) is 74.4 cm³/mol. The van der Waals surface area contributed by atoms with Crippen LogP contribution >= 0.6 is 11.6 Å². The summed E-state index contributed by atoms with van der Waals surface area (Å²) in [6.45, 7) is 0. The maximum Gasteiger partial charge on any atom is 0.136 e. The first-order chi connectivity index (χ1) is 8.75. The van der Waals surface area contributed by atoms with Crippen LogP contribution in [0.4, 0.5) is 5.69 Å². The highest BCUT2D eigenvalue weighted by Crippen LogP contribution is 2.29. The minimum Gasteiger partial charge on any atom is -0.398 e. The van der Waals surface area contributed by atoms with Gasteiger partial charge in [-0.2, -0.15) is 0 Å². The van der Waals surface area contributed by atoms with Crippen molar-refractivity contribution in [3.63, 3.8) is 0 Å². The number of rotatable bonds is 1. The molecule has 3 aromatic rings. The van der Waals surface area contributed by atoms with Gasteiger partial charge < -0.3 is 5.73 Å². The van der Waals surface area contributed by atoms with Crippen molar-refractivity contribution >= 4 is 28.2 Å². The third-order valence-electron chi connectivity index (χ3n) is 2.85. The minimum absolute atomic E-state index is 0.485. The highest BCUT2D eigenvalue weighted by molar-refractivity contribution is 6.32. The van der Waals surface area contributed by atoms with Gasteiger partial charge in [-0.25, -0.2) is 4.98 Å². The Morgan fingerprint density at radius 2 is 1.89 bits per heavy atom. The van der Waals surface area contributed by atoms with Crippen LogP contribution in [0.3, 0.4) is 0 Å². The third-order valence-corrected chi connectivity index (χ3v) is 3.15. The highest BCUT2D eigenvalue weighted by Gasteiger charge is 2.06. The molecule has 0 atom stereocenters. The van der Waals surface area contributed by atoms with Crippen molar-refractivity contribution in [1.29, 1.82) is 0 Å². The van der Waals surface area contributed by atoms with Gasteiger partial charge in [-0.1, -0.05) is 17.7 Å². The molecule has 0 radical (unpaired) electrons. The topological polar surface area (TPSA) is 51.8 Å². The summed E-state index contributed by atoms with van der Waals surface area (Å²) in [5.74, 6) is 0. The zero-order chi connectivity index (χ0) is 12.5. The summed E-state index contributed by atoms with van der Waals surface area (Å²) >= 11 is 6.09. The normalized spacial score (nSPS) is 10.7. The molecule has 1 aromatic carbocycles. The summed E-state index contributed by atoms with van der Waals surface area (Å²) in [7, 11) is 0. The number of benzene rings is 1. The van der Waals surface area contributed by atoms with Gasteiger partial charge >= 0.3 is 0 Å². The predicted octanol–water partition coefficient (Wildman–Crippen LogP) is 3.53. The molecule has 0 aliphatic rings. The number of nitrogens with two attached hydrogens (primary N) is 1. The van der Waals surface area contributed by atoms with E-state index in [-0.39, 0.29) is 0 Å². The first-order valence-corrected chi connectivity index (χ1v) is 5.88. The molecule has 0 aliphatic heterocycles. The second kappa shape index (κ2) is 4.27. The molecule has 88 valence electrons. The van der Waals surface area contributed by atoms with E-state index >= 15 is 0 Å². The van der Waals surface area contributed by atoms with Crippen molar-refractivity contribution in [3.8, 4) is 11.1 Å². The molecule has 3 nitrogen and oxygen atoms in total. The van der Waals surface area contributed by atoms with Crippen LogP contribution in [0.25, 0.3) is 22.0 Å². The minimum atomic E-state index is 0.485. The standard InChI is InChI=1S/C14H10ClN3/c15-14-10(2-1-6-18-14)9-3-4-13-11(8-9)12(16)5-7-17-13/h1-8H,(H2,16,17). The molecule has 0 amide bonds. The fraction of sp³-hybridized carbons (Fsp3) is 0. The van der Waals surface area contributed by atoms with E-state index in [1.165, 1.54) is 0 Å². The van der Waals surface area contributed by atoms with E-state index < -0.39 is 0 Å². The van der Waals surface area contributed by atoms with Crippen LogP contribution in [0, 0.1) is 0 Å². The molecule has 3 rings (SSSR count). The van der Waals surface area contributed by atoms with E-state index in [9.17, 15) is 0 Å². The molecule has 0 saturated carbocycles. The lowest BCUT2D eigenvalue weighted by molar-refractivity contribution is 1.33. The van der Waals surface area contributed by atoms with E-state index in [0.717, 1.165) is 22.0 Å². The Kier molecular flexibility index (Phi) is 2.61. The first-order valence-electron chi connectivity index (χ1n) is 5.51. The van der Waals surface area contributed by atoms with Gasteiger partial charge in [0.1, 0.15) is 5.15 Å². The maximum atomic E-state index is 6.09. The summed E-state index contributed by atoms with van der Waals surface area (Å²) in [6, 6.07) is 11.5. The number of anilines is 1. The molecule has 2 heterocycles. The SMILES string of the molecule is Nc1ccnc2ccc(-c3cccnc3Cl)cc12. The molecule has 0 unspecified atom stereocenters. The molecule has 0 fully saturated rings. The summed E-state index contributed by atoms with van der Waals surface area (Å²) in [4.78, 5) is 8.35. The summed E-state index contributed by atoms with van der Waals surface area (Å²) in [6.07, 6.45) is 3.37. The number of fused-ring (bicyclic) bond motifs is 1. The van der Waals surface area contributed by atoms with Crippen molar-refractivity contribution < 1.29 is 0 Å². The van der Waals surface area contributed by atoms with E-state index in [1.54, 1.807) is 18.5 Å². The summed E-state index contributed by atoms with van der Waals surface area (Å²) in [5, 5.41) is 1.41. The van der Waals surface area contributed by atoms with Gasteiger partial charge in [0, 0.05) is 29.0 Å². The smallest absolute Gasteiger partial charge is 0.136 e. The Bertz CT molecular complexity index is 725. The molecule has 0 aliphatic carbocycles. The Morgan fingerprint density at radius 3 is 2.72 bits per heavy atom. The number of hydrogen-bond acceptors (Lipinski definition) is 3. The van der Waals surface area contributed by atoms with Gasteiger partial charge in [-0.3, -0.25) is 4.98 Å². The average molecular weight is 256 g/mol. The molecule has 2 aromatic heterocycles. The van der Waals surface area contributed by atoms with Crippen LogP contribution in [-0.4, -0.2) is 9.97 Å². The molecular formula is C14H10ClN3. The molecular weight excluding hydrogens is 246 g/mol. The van der Waals surface area contributed by atoms with Crippen LogP contribution in [0.2, 0.25) is 5.15 Å². The van der Waals surface area contributed by atoms with E-state index in [4.69, 9.17) is 17.3 Å². The van der Waals surface area contributed by atoms with E-state index in [1.807, 2.05) is 30.3 Å². The Morgan fingerprint density at radius 1 is 1.00 bits per heavy atom. The quantitative estimate of drug-likeness (QED) is 0.677. The lowest BCUT2D eigenvalue weighted by Crippen LogP contribution is -1.90. The zero-order valence-corrected chi connectivity index (χ0v) is 10.2. The van der Waals surface area contributed by atoms with Crippen LogP contribution in [0.5, 0.6) is 0 Å². The highest BCUT2D eigenvalue weighted by atomic mass is 35.5. The Labute approximate surface area is 109 Å². The fourth-order valence-corrected chi connectivity index (χ4v) is 2.16. The van der Waals surface area contributed by atoms with Crippen molar-refractivity contribution in [2.75, 3.05) is 5.73 Å². The van der Waals surface area contributed by atoms with Crippen LogP contribution in [0.15, 0.2) is 48.8 Å². The number of nitrogens with zero attached hydrogens (tertiary/aromatic N) is 2. The second-order valence-electron chi connectivity index (χ2n) is 3.97. The van der Waals surface area contributed by atoms with Crippen molar-refractivity contribution in [1.82, 2.24) is 9.97 Å². The summed E-state index contributed by atoms with van der Waals surface area (Å²) < 4.78 is 0. The number of pyridine rings is 2. The van der Waals surface area contributed by atoms with Gasteiger partial charge in [-0.15, -0.1) is 0 Å². The van der Waals surface area contributed by atoms with Crippen LogP contribution in [-0.2, 0) is 0 Å². The Hall–Kier alpha value is -2.13. The molecule has 18 heavy (non-hydrogen) atoms.